The van der Waals surface area contributed by atoms with Crippen LogP contribution in [0.3, 0.4) is 0 Å². The molecule has 0 amide bonds. The highest BCUT2D eigenvalue weighted by atomic mass is 32.1. The molecule has 2 rings (SSSR count). The number of hydrogen-bond acceptors (Lipinski definition) is 3. The quantitative estimate of drug-likeness (QED) is 0.545. The molecule has 0 bridgehead atoms. The fraction of sp³-hybridized carbons (Fsp3) is 1.00. The molecule has 1 atom stereocenters. The Kier molecular flexibility index (Phi) is 1.90. The lowest BCUT2D eigenvalue weighted by atomic mass is 9.96. The second-order valence-electron chi connectivity index (χ2n) is 3.89. The normalized spacial score (nSPS) is 40.9. The van der Waals surface area contributed by atoms with Gasteiger partial charge in [-0.05, 0) is 32.9 Å². The van der Waals surface area contributed by atoms with Crippen LogP contribution in [0.5, 0.6) is 0 Å². The summed E-state index contributed by atoms with van der Waals surface area (Å²) in [5.74, 6) is 0. The van der Waals surface area contributed by atoms with E-state index in [0.29, 0.717) is 5.54 Å². The fourth-order valence-electron chi connectivity index (χ4n) is 2.42. The largest absolute Gasteiger partial charge is 0.299 e. The number of likely N-dealkylation sites (N-methyl/N-ethyl adjacent to an activating group) is 1. The van der Waals surface area contributed by atoms with E-state index in [0.717, 1.165) is 13.1 Å². The van der Waals surface area contributed by atoms with Crippen molar-refractivity contribution >= 4 is 12.8 Å². The van der Waals surface area contributed by atoms with Crippen LogP contribution in [-0.2, 0) is 0 Å². The molecule has 0 radical (unpaired) electrons. The summed E-state index contributed by atoms with van der Waals surface area (Å²) in [6, 6.07) is 0. The molecule has 0 N–H and O–H groups in total. The Hall–Kier alpha value is 0.270. The third kappa shape index (κ3) is 1.19. The zero-order chi connectivity index (χ0) is 7.90. The number of nitrogens with zero attached hydrogens (tertiary/aromatic N) is 2. The molecule has 0 aromatic carbocycles. The highest BCUT2D eigenvalue weighted by Crippen LogP contribution is 2.36. The molecule has 64 valence electrons. The van der Waals surface area contributed by atoms with Crippen LogP contribution >= 0.6 is 12.8 Å². The lowest BCUT2D eigenvalue weighted by molar-refractivity contribution is 0.189. The maximum Gasteiger partial charge on any atom is 0.0355 e. The zero-order valence-electron chi connectivity index (χ0n) is 7.08. The predicted octanol–water partition coefficient (Wildman–Crippen LogP) is 1.00. The van der Waals surface area contributed by atoms with Crippen molar-refractivity contribution in [1.82, 2.24) is 9.21 Å². The third-order valence-corrected chi connectivity index (χ3v) is 3.60. The second-order valence-corrected chi connectivity index (χ2v) is 4.45. The minimum atomic E-state index is 0.502. The first-order valence-corrected chi connectivity index (χ1v) is 4.78. The number of thiol groups is 1. The first-order valence-electron chi connectivity index (χ1n) is 4.38. The van der Waals surface area contributed by atoms with Gasteiger partial charge in [-0.1, -0.05) is 12.8 Å². The molecule has 2 aliphatic heterocycles. The van der Waals surface area contributed by atoms with Crippen LogP contribution in [0.15, 0.2) is 0 Å². The molecular formula is C8H16N2S. The van der Waals surface area contributed by atoms with E-state index in [4.69, 9.17) is 0 Å². The van der Waals surface area contributed by atoms with Crippen LogP contribution in [0.2, 0.25) is 0 Å². The first kappa shape index (κ1) is 7.90. The van der Waals surface area contributed by atoms with Gasteiger partial charge in [0.1, 0.15) is 0 Å². The SMILES string of the molecule is CN1CCCC12CCN(S)C2. The standard InChI is InChI=1S/C8H16N2S/c1-9-5-2-3-8(9)4-6-10(11)7-8/h11H,2-7H2,1H3. The molecule has 2 aliphatic rings. The Morgan fingerprint density at radius 1 is 1.27 bits per heavy atom. The van der Waals surface area contributed by atoms with Crippen LogP contribution in [0, 0.1) is 0 Å². The molecule has 11 heavy (non-hydrogen) atoms. The van der Waals surface area contributed by atoms with Crippen molar-refractivity contribution in [3.63, 3.8) is 0 Å². The van der Waals surface area contributed by atoms with Crippen molar-refractivity contribution < 1.29 is 0 Å². The molecule has 0 aliphatic carbocycles. The lowest BCUT2D eigenvalue weighted by Gasteiger charge is -2.31. The van der Waals surface area contributed by atoms with Gasteiger partial charge in [0.05, 0.1) is 0 Å². The summed E-state index contributed by atoms with van der Waals surface area (Å²) in [5, 5.41) is 0. The van der Waals surface area contributed by atoms with Gasteiger partial charge in [-0.25, -0.2) is 0 Å². The van der Waals surface area contributed by atoms with Crippen molar-refractivity contribution in [2.75, 3.05) is 26.7 Å². The third-order valence-electron chi connectivity index (χ3n) is 3.26. The number of rotatable bonds is 0. The smallest absolute Gasteiger partial charge is 0.0355 e. The summed E-state index contributed by atoms with van der Waals surface area (Å²) in [4.78, 5) is 2.52. The minimum Gasteiger partial charge on any atom is -0.299 e. The Morgan fingerprint density at radius 2 is 2.09 bits per heavy atom. The van der Waals surface area contributed by atoms with E-state index in [1.165, 1.54) is 25.8 Å². The number of likely N-dealkylation sites (tertiary alicyclic amines) is 1. The summed E-state index contributed by atoms with van der Waals surface area (Å²) < 4.78 is 2.15. The van der Waals surface area contributed by atoms with Gasteiger partial charge >= 0.3 is 0 Å². The van der Waals surface area contributed by atoms with Crippen LogP contribution < -0.4 is 0 Å². The van der Waals surface area contributed by atoms with Gasteiger partial charge in [0.15, 0.2) is 0 Å². The van der Waals surface area contributed by atoms with Gasteiger partial charge in [-0.2, -0.15) is 0 Å². The van der Waals surface area contributed by atoms with Crippen LogP contribution in [-0.4, -0.2) is 41.4 Å². The van der Waals surface area contributed by atoms with E-state index in [9.17, 15) is 0 Å². The molecule has 0 aromatic rings. The molecule has 3 heteroatoms. The molecular weight excluding hydrogens is 156 g/mol. The highest BCUT2D eigenvalue weighted by molar-refractivity contribution is 7.77. The molecule has 0 aromatic heterocycles. The van der Waals surface area contributed by atoms with Crippen LogP contribution in [0.25, 0.3) is 0 Å². The molecule has 1 unspecified atom stereocenters. The summed E-state index contributed by atoms with van der Waals surface area (Å²) >= 11 is 4.39. The summed E-state index contributed by atoms with van der Waals surface area (Å²) in [5.41, 5.74) is 0.502. The maximum absolute atomic E-state index is 4.39. The van der Waals surface area contributed by atoms with Gasteiger partial charge in [0.25, 0.3) is 0 Å². The highest BCUT2D eigenvalue weighted by Gasteiger charge is 2.43. The van der Waals surface area contributed by atoms with Crippen LogP contribution in [0.1, 0.15) is 19.3 Å². The first-order chi connectivity index (χ1) is 5.23. The molecule has 2 heterocycles. The molecule has 0 saturated carbocycles. The number of hydrogen-bond donors (Lipinski definition) is 1. The van der Waals surface area contributed by atoms with E-state index < -0.39 is 0 Å². The van der Waals surface area contributed by atoms with E-state index in [2.05, 4.69) is 29.1 Å². The van der Waals surface area contributed by atoms with Gasteiger partial charge in [0.2, 0.25) is 0 Å². The zero-order valence-corrected chi connectivity index (χ0v) is 7.98. The lowest BCUT2D eigenvalue weighted by Crippen LogP contribution is -2.42. The summed E-state index contributed by atoms with van der Waals surface area (Å²) in [6.45, 7) is 3.60. The Morgan fingerprint density at radius 3 is 2.55 bits per heavy atom. The molecule has 2 saturated heterocycles. The average Bonchev–Trinajstić information content (AvgIpc) is 2.46. The van der Waals surface area contributed by atoms with Gasteiger partial charge in [-0.3, -0.25) is 9.21 Å². The van der Waals surface area contributed by atoms with E-state index in [1.54, 1.807) is 0 Å². The monoisotopic (exact) mass is 172 g/mol. The van der Waals surface area contributed by atoms with E-state index in [-0.39, 0.29) is 0 Å². The fourth-order valence-corrected chi connectivity index (χ4v) is 2.79. The molecule has 2 nitrogen and oxygen atoms in total. The van der Waals surface area contributed by atoms with Crippen molar-refractivity contribution in [3.05, 3.63) is 0 Å². The Bertz CT molecular complexity index is 162. The topological polar surface area (TPSA) is 6.48 Å². The summed E-state index contributed by atoms with van der Waals surface area (Å²) in [7, 11) is 2.25. The average molecular weight is 172 g/mol. The Labute approximate surface area is 74.1 Å². The van der Waals surface area contributed by atoms with Gasteiger partial charge < -0.3 is 0 Å². The minimum absolute atomic E-state index is 0.502. The van der Waals surface area contributed by atoms with Crippen molar-refractivity contribution in [1.29, 1.82) is 0 Å². The van der Waals surface area contributed by atoms with Crippen LogP contribution in [0.4, 0.5) is 0 Å². The van der Waals surface area contributed by atoms with E-state index >= 15 is 0 Å². The Balaban J connectivity index is 2.10. The van der Waals surface area contributed by atoms with Crippen molar-refractivity contribution in [2.45, 2.75) is 24.8 Å². The van der Waals surface area contributed by atoms with Crippen molar-refractivity contribution in [2.24, 2.45) is 0 Å². The van der Waals surface area contributed by atoms with Crippen molar-refractivity contribution in [3.8, 4) is 0 Å². The summed E-state index contributed by atoms with van der Waals surface area (Å²) in [6.07, 6.45) is 4.06. The maximum atomic E-state index is 4.39. The molecule has 1 spiro atoms. The molecule has 2 fully saturated rings. The van der Waals surface area contributed by atoms with Gasteiger partial charge in [0, 0.05) is 18.6 Å². The van der Waals surface area contributed by atoms with Gasteiger partial charge in [-0.15, -0.1) is 0 Å². The predicted molar refractivity (Wildman–Crippen MR) is 49.8 cm³/mol. The van der Waals surface area contributed by atoms with E-state index in [1.807, 2.05) is 0 Å². The second kappa shape index (κ2) is 2.64.